The second-order valence-electron chi connectivity index (χ2n) is 1.89. The van der Waals surface area contributed by atoms with Crippen LogP contribution in [0.4, 0.5) is 8.78 Å². The molecule has 0 saturated heterocycles. The van der Waals surface area contributed by atoms with Crippen LogP contribution < -0.4 is 9.47 Å². The minimum atomic E-state index is -2.86. The third-order valence-corrected chi connectivity index (χ3v) is 1.15. The molecular weight excluding hydrogens is 168 g/mol. The van der Waals surface area contributed by atoms with Gasteiger partial charge in [-0.1, -0.05) is 0 Å². The van der Waals surface area contributed by atoms with Gasteiger partial charge in [-0.05, 0) is 12.1 Å². The summed E-state index contributed by atoms with van der Waals surface area (Å²) in [5, 5.41) is 0. The number of aromatic nitrogens is 1. The fraction of sp³-hybridized carbons (Fsp3) is 0.286. The Labute approximate surface area is 67.9 Å². The van der Waals surface area contributed by atoms with Crippen molar-refractivity contribution < 1.29 is 18.3 Å². The van der Waals surface area contributed by atoms with Gasteiger partial charge in [-0.25, -0.2) is 4.98 Å². The van der Waals surface area contributed by atoms with Gasteiger partial charge in [-0.3, -0.25) is 0 Å². The van der Waals surface area contributed by atoms with Gasteiger partial charge in [0.2, 0.25) is 0 Å². The molecule has 0 aromatic carbocycles. The minimum absolute atomic E-state index is 0.0535. The number of alkyl halides is 2. The molecule has 0 N–H and O–H groups in total. The van der Waals surface area contributed by atoms with E-state index in [9.17, 15) is 8.78 Å². The van der Waals surface area contributed by atoms with Crippen molar-refractivity contribution in [2.75, 3.05) is 7.11 Å². The Morgan fingerprint density at radius 1 is 1.50 bits per heavy atom. The van der Waals surface area contributed by atoms with E-state index in [1.54, 1.807) is 0 Å². The largest absolute Gasteiger partial charge is 0.478 e. The highest BCUT2D eigenvalue weighted by atomic mass is 19.3. The fourth-order valence-corrected chi connectivity index (χ4v) is 0.715. The summed E-state index contributed by atoms with van der Waals surface area (Å²) in [6, 6.07) is 2.85. The molecule has 0 radical (unpaired) electrons. The van der Waals surface area contributed by atoms with Gasteiger partial charge in [0, 0.05) is 6.20 Å². The second kappa shape index (κ2) is 3.85. The van der Waals surface area contributed by atoms with E-state index in [4.69, 9.17) is 0 Å². The molecule has 0 bridgehead atoms. The molecule has 0 fully saturated rings. The monoisotopic (exact) mass is 175 g/mol. The molecule has 3 nitrogen and oxygen atoms in total. The van der Waals surface area contributed by atoms with E-state index < -0.39 is 6.61 Å². The van der Waals surface area contributed by atoms with Crippen LogP contribution in [0, 0.1) is 0 Å². The third-order valence-electron chi connectivity index (χ3n) is 1.15. The Morgan fingerprint density at radius 3 is 2.83 bits per heavy atom. The van der Waals surface area contributed by atoms with Crippen molar-refractivity contribution in [2.45, 2.75) is 6.61 Å². The van der Waals surface area contributed by atoms with E-state index in [-0.39, 0.29) is 11.6 Å². The van der Waals surface area contributed by atoms with Crippen molar-refractivity contribution in [3.63, 3.8) is 0 Å². The number of halogens is 2. The van der Waals surface area contributed by atoms with Crippen LogP contribution in [-0.2, 0) is 0 Å². The Kier molecular flexibility index (Phi) is 2.79. The molecule has 0 aliphatic rings. The first kappa shape index (κ1) is 8.70. The predicted molar refractivity (Wildman–Crippen MR) is 37.4 cm³/mol. The van der Waals surface area contributed by atoms with Gasteiger partial charge in [-0.2, -0.15) is 8.78 Å². The molecule has 1 aromatic heterocycles. The number of nitrogens with zero attached hydrogens (tertiary/aromatic N) is 1. The lowest BCUT2D eigenvalue weighted by atomic mass is 10.4. The quantitative estimate of drug-likeness (QED) is 0.700. The zero-order chi connectivity index (χ0) is 8.97. The summed E-state index contributed by atoms with van der Waals surface area (Å²) in [4.78, 5) is 3.67. The van der Waals surface area contributed by atoms with Crippen LogP contribution >= 0.6 is 0 Å². The zero-order valence-corrected chi connectivity index (χ0v) is 6.33. The Balaban J connectivity index is 2.82. The van der Waals surface area contributed by atoms with Crippen LogP contribution in [0.1, 0.15) is 0 Å². The van der Waals surface area contributed by atoms with E-state index in [0.29, 0.717) is 0 Å². The number of rotatable bonds is 3. The maximum Gasteiger partial charge on any atom is 0.387 e. The maximum absolute atomic E-state index is 11.7. The Hall–Kier alpha value is -1.39. The molecule has 0 amide bonds. The summed E-state index contributed by atoms with van der Waals surface area (Å²) in [5.41, 5.74) is 0. The molecule has 66 valence electrons. The molecule has 1 aromatic rings. The number of pyridine rings is 1. The van der Waals surface area contributed by atoms with E-state index >= 15 is 0 Å². The number of methoxy groups -OCH3 is 1. The molecular formula is C7H7F2NO2. The van der Waals surface area contributed by atoms with Crippen molar-refractivity contribution in [1.82, 2.24) is 4.98 Å². The zero-order valence-electron chi connectivity index (χ0n) is 6.33. The molecule has 1 heterocycles. The summed E-state index contributed by atoms with van der Waals surface area (Å²) >= 11 is 0. The molecule has 5 heteroatoms. The van der Waals surface area contributed by atoms with Gasteiger partial charge in [0.15, 0.2) is 5.75 Å². The number of ether oxygens (including phenoxy) is 2. The Morgan fingerprint density at radius 2 is 2.25 bits per heavy atom. The number of hydrogen-bond donors (Lipinski definition) is 0. The lowest BCUT2D eigenvalue weighted by Gasteiger charge is -2.06. The Bertz CT molecular complexity index is 255. The van der Waals surface area contributed by atoms with Gasteiger partial charge < -0.3 is 9.47 Å². The molecule has 0 saturated carbocycles. The molecule has 1 rings (SSSR count). The van der Waals surface area contributed by atoms with Gasteiger partial charge in [0.1, 0.15) is 0 Å². The van der Waals surface area contributed by atoms with Crippen molar-refractivity contribution in [3.05, 3.63) is 18.3 Å². The highest BCUT2D eigenvalue weighted by Crippen LogP contribution is 2.24. The van der Waals surface area contributed by atoms with Gasteiger partial charge in [0.05, 0.1) is 7.11 Å². The van der Waals surface area contributed by atoms with Crippen LogP contribution in [0.25, 0.3) is 0 Å². The van der Waals surface area contributed by atoms with Crippen LogP contribution in [0.5, 0.6) is 11.6 Å². The first-order valence-corrected chi connectivity index (χ1v) is 3.18. The molecule has 0 unspecified atom stereocenters. The molecule has 0 atom stereocenters. The summed E-state index contributed by atoms with van der Waals surface area (Å²) in [6.07, 6.45) is 1.43. The standard InChI is InChI=1S/C7H7F2NO2/c1-11-6-5(12-7(8)9)3-2-4-10-6/h2-4,7H,1H3. The molecule has 0 aliphatic carbocycles. The van der Waals surface area contributed by atoms with Crippen LogP contribution in [-0.4, -0.2) is 18.7 Å². The van der Waals surface area contributed by atoms with E-state index in [2.05, 4.69) is 14.5 Å². The summed E-state index contributed by atoms with van der Waals surface area (Å²) in [7, 11) is 1.33. The van der Waals surface area contributed by atoms with E-state index in [1.807, 2.05) is 0 Å². The summed E-state index contributed by atoms with van der Waals surface area (Å²) in [5.74, 6) is -0.00667. The predicted octanol–water partition coefficient (Wildman–Crippen LogP) is 1.69. The van der Waals surface area contributed by atoms with Crippen molar-refractivity contribution in [3.8, 4) is 11.6 Å². The second-order valence-corrected chi connectivity index (χ2v) is 1.89. The highest BCUT2D eigenvalue weighted by molar-refractivity contribution is 5.32. The normalized spacial score (nSPS) is 10.0. The lowest BCUT2D eigenvalue weighted by molar-refractivity contribution is -0.0515. The summed E-state index contributed by atoms with van der Waals surface area (Å²) in [6.45, 7) is -2.86. The van der Waals surface area contributed by atoms with E-state index in [1.165, 1.54) is 25.4 Å². The van der Waals surface area contributed by atoms with Crippen molar-refractivity contribution in [2.24, 2.45) is 0 Å². The van der Waals surface area contributed by atoms with E-state index in [0.717, 1.165) is 0 Å². The van der Waals surface area contributed by atoms with Crippen LogP contribution in [0.15, 0.2) is 18.3 Å². The smallest absolute Gasteiger partial charge is 0.387 e. The van der Waals surface area contributed by atoms with Crippen molar-refractivity contribution >= 4 is 0 Å². The first-order valence-electron chi connectivity index (χ1n) is 3.18. The average molecular weight is 175 g/mol. The van der Waals surface area contributed by atoms with Gasteiger partial charge in [-0.15, -0.1) is 0 Å². The van der Waals surface area contributed by atoms with Gasteiger partial charge in [0.25, 0.3) is 5.88 Å². The molecule has 0 spiro atoms. The average Bonchev–Trinajstić information content (AvgIpc) is 2.04. The van der Waals surface area contributed by atoms with Gasteiger partial charge >= 0.3 is 6.61 Å². The van der Waals surface area contributed by atoms with Crippen LogP contribution in [0.2, 0.25) is 0 Å². The number of hydrogen-bond acceptors (Lipinski definition) is 3. The maximum atomic E-state index is 11.7. The minimum Gasteiger partial charge on any atom is -0.478 e. The third kappa shape index (κ3) is 2.05. The topological polar surface area (TPSA) is 31.4 Å². The van der Waals surface area contributed by atoms with Crippen molar-refractivity contribution in [1.29, 1.82) is 0 Å². The molecule has 12 heavy (non-hydrogen) atoms. The fourth-order valence-electron chi connectivity index (χ4n) is 0.715. The lowest BCUT2D eigenvalue weighted by Crippen LogP contribution is -2.03. The van der Waals surface area contributed by atoms with Crippen LogP contribution in [0.3, 0.4) is 0 Å². The SMILES string of the molecule is COc1ncccc1OC(F)F. The first-order chi connectivity index (χ1) is 5.74. The highest BCUT2D eigenvalue weighted by Gasteiger charge is 2.09. The summed E-state index contributed by atoms with van der Waals surface area (Å²) < 4.78 is 32.3. The molecule has 0 aliphatic heterocycles.